The van der Waals surface area contributed by atoms with E-state index in [1.165, 1.54) is 18.1 Å². The lowest BCUT2D eigenvalue weighted by molar-refractivity contribution is -0.132. The second-order valence-electron chi connectivity index (χ2n) is 8.97. The van der Waals surface area contributed by atoms with Crippen molar-refractivity contribution in [1.82, 2.24) is 4.98 Å². The SMILES string of the molecule is C=CCOC(=O)c1sc(N2C(=O)C(=O)C(=C(O)c3cccc(OC)c3)C2c2ccc(OCCCC)cc2)nc1C. The van der Waals surface area contributed by atoms with Gasteiger partial charge in [0.15, 0.2) is 5.13 Å². The largest absolute Gasteiger partial charge is 0.507 e. The summed E-state index contributed by atoms with van der Waals surface area (Å²) in [6.07, 6.45) is 3.35. The number of carbonyl (C=O) groups is 3. The molecule has 4 rings (SSSR count). The lowest BCUT2D eigenvalue weighted by Crippen LogP contribution is -2.29. The fraction of sp³-hybridized carbons (Fsp3) is 0.267. The van der Waals surface area contributed by atoms with Gasteiger partial charge in [-0.3, -0.25) is 14.5 Å². The van der Waals surface area contributed by atoms with E-state index in [2.05, 4.69) is 18.5 Å². The van der Waals surface area contributed by atoms with Gasteiger partial charge < -0.3 is 19.3 Å². The van der Waals surface area contributed by atoms with E-state index in [0.717, 1.165) is 24.2 Å². The van der Waals surface area contributed by atoms with Gasteiger partial charge in [-0.1, -0.05) is 61.6 Å². The molecule has 0 aliphatic carbocycles. The first kappa shape index (κ1) is 28.6. The summed E-state index contributed by atoms with van der Waals surface area (Å²) in [5.74, 6) is -1.61. The summed E-state index contributed by atoms with van der Waals surface area (Å²) in [6.45, 7) is 7.81. The molecule has 40 heavy (non-hydrogen) atoms. The maximum Gasteiger partial charge on any atom is 0.350 e. The van der Waals surface area contributed by atoms with Crippen molar-refractivity contribution in [3.8, 4) is 11.5 Å². The highest BCUT2D eigenvalue weighted by Crippen LogP contribution is 2.44. The number of amides is 1. The normalized spacial score (nSPS) is 16.2. The van der Waals surface area contributed by atoms with Crippen LogP contribution in [0.3, 0.4) is 0 Å². The van der Waals surface area contributed by atoms with E-state index in [9.17, 15) is 19.5 Å². The van der Waals surface area contributed by atoms with Crippen molar-refractivity contribution in [3.63, 3.8) is 0 Å². The number of unbranched alkanes of at least 4 members (excludes halogenated alkanes) is 1. The number of Topliss-reactive ketones (excluding diaryl/α,β-unsaturated/α-hetero) is 1. The molecule has 0 radical (unpaired) electrons. The smallest absolute Gasteiger partial charge is 0.350 e. The van der Waals surface area contributed by atoms with Crippen molar-refractivity contribution in [3.05, 3.63) is 88.5 Å². The summed E-state index contributed by atoms with van der Waals surface area (Å²) in [6, 6.07) is 12.5. The van der Waals surface area contributed by atoms with Gasteiger partial charge in [-0.2, -0.15) is 0 Å². The van der Waals surface area contributed by atoms with Crippen LogP contribution in [-0.4, -0.2) is 48.1 Å². The van der Waals surface area contributed by atoms with Gasteiger partial charge in [0.25, 0.3) is 5.78 Å². The van der Waals surface area contributed by atoms with Crippen molar-refractivity contribution in [1.29, 1.82) is 0 Å². The van der Waals surface area contributed by atoms with Gasteiger partial charge in [0.2, 0.25) is 0 Å². The number of hydrogen-bond acceptors (Lipinski definition) is 9. The molecule has 2 heterocycles. The number of rotatable bonds is 11. The quantitative estimate of drug-likeness (QED) is 0.0801. The number of hydrogen-bond donors (Lipinski definition) is 1. The number of anilines is 1. The van der Waals surface area contributed by atoms with E-state index in [4.69, 9.17) is 14.2 Å². The molecule has 3 aromatic rings. The standard InChI is InChI=1S/C30H30N2O7S/c1-5-7-16-38-21-13-11-19(12-14-21)24-23(25(33)20-9-8-10-22(17-20)37-4)26(34)28(35)32(24)30-31-18(3)27(40-30)29(36)39-15-6-2/h6,8-14,17,24,33H,2,5,7,15-16H2,1,3-4H3. The Kier molecular flexibility index (Phi) is 9.00. The topological polar surface area (TPSA) is 115 Å². The Labute approximate surface area is 236 Å². The van der Waals surface area contributed by atoms with Gasteiger partial charge in [-0.05, 0) is 43.2 Å². The van der Waals surface area contributed by atoms with Crippen LogP contribution in [0.4, 0.5) is 5.13 Å². The van der Waals surface area contributed by atoms with Crippen LogP contribution in [0.5, 0.6) is 11.5 Å². The van der Waals surface area contributed by atoms with Crippen molar-refractivity contribution < 1.29 is 33.7 Å². The molecule has 208 valence electrons. The monoisotopic (exact) mass is 562 g/mol. The highest BCUT2D eigenvalue weighted by atomic mass is 32.1. The summed E-state index contributed by atoms with van der Waals surface area (Å²) in [5.41, 5.74) is 1.10. The number of aryl methyl sites for hydroxylation is 1. The summed E-state index contributed by atoms with van der Waals surface area (Å²) in [4.78, 5) is 45.4. The Morgan fingerprint density at radius 1 is 1.18 bits per heavy atom. The fourth-order valence-corrected chi connectivity index (χ4v) is 5.21. The van der Waals surface area contributed by atoms with E-state index >= 15 is 0 Å². The third-order valence-corrected chi connectivity index (χ3v) is 7.40. The molecule has 1 fully saturated rings. The Bertz CT molecular complexity index is 1460. The summed E-state index contributed by atoms with van der Waals surface area (Å²) < 4.78 is 16.2. The molecule has 1 unspecified atom stereocenters. The number of esters is 1. The molecule has 0 saturated carbocycles. The number of benzene rings is 2. The molecule has 1 atom stereocenters. The van der Waals surface area contributed by atoms with Crippen LogP contribution in [0.25, 0.3) is 5.76 Å². The summed E-state index contributed by atoms with van der Waals surface area (Å²) >= 11 is 0.936. The number of aromatic nitrogens is 1. The second-order valence-corrected chi connectivity index (χ2v) is 9.95. The van der Waals surface area contributed by atoms with Crippen LogP contribution >= 0.6 is 11.3 Å². The zero-order valence-corrected chi connectivity index (χ0v) is 23.3. The molecule has 2 aromatic carbocycles. The Morgan fingerprint density at radius 2 is 1.93 bits per heavy atom. The van der Waals surface area contributed by atoms with Crippen LogP contribution in [0.15, 0.2) is 66.8 Å². The second kappa shape index (κ2) is 12.6. The maximum atomic E-state index is 13.5. The predicted octanol–water partition coefficient (Wildman–Crippen LogP) is 5.61. The number of methoxy groups -OCH3 is 1. The third kappa shape index (κ3) is 5.76. The summed E-state index contributed by atoms with van der Waals surface area (Å²) in [5, 5.41) is 11.5. The van der Waals surface area contributed by atoms with Crippen molar-refractivity contribution in [2.45, 2.75) is 32.7 Å². The van der Waals surface area contributed by atoms with E-state index in [1.807, 2.05) is 0 Å². The molecule has 10 heteroatoms. The third-order valence-electron chi connectivity index (χ3n) is 6.26. The van der Waals surface area contributed by atoms with E-state index < -0.39 is 23.7 Å². The number of ketones is 1. The summed E-state index contributed by atoms with van der Waals surface area (Å²) in [7, 11) is 1.49. The van der Waals surface area contributed by atoms with Gasteiger partial charge in [0, 0.05) is 5.56 Å². The maximum absolute atomic E-state index is 13.5. The van der Waals surface area contributed by atoms with Gasteiger partial charge in [0.1, 0.15) is 28.7 Å². The van der Waals surface area contributed by atoms with Crippen LogP contribution in [0, 0.1) is 6.92 Å². The molecular weight excluding hydrogens is 532 g/mol. The average Bonchev–Trinajstić information content (AvgIpc) is 3.48. The van der Waals surface area contributed by atoms with Gasteiger partial charge in [-0.15, -0.1) is 0 Å². The molecule has 1 saturated heterocycles. The zero-order valence-electron chi connectivity index (χ0n) is 22.5. The number of nitrogens with zero attached hydrogens (tertiary/aromatic N) is 2. The first-order valence-electron chi connectivity index (χ1n) is 12.7. The molecule has 1 aliphatic heterocycles. The van der Waals surface area contributed by atoms with Gasteiger partial charge in [-0.25, -0.2) is 9.78 Å². The van der Waals surface area contributed by atoms with E-state index in [-0.39, 0.29) is 27.9 Å². The number of carbonyl (C=O) groups excluding carboxylic acids is 3. The minimum atomic E-state index is -1.02. The highest BCUT2D eigenvalue weighted by Gasteiger charge is 2.48. The van der Waals surface area contributed by atoms with Crippen LogP contribution in [0.1, 0.15) is 52.3 Å². The van der Waals surface area contributed by atoms with Crippen LogP contribution < -0.4 is 14.4 Å². The highest BCUT2D eigenvalue weighted by molar-refractivity contribution is 7.17. The first-order valence-corrected chi connectivity index (χ1v) is 13.6. The molecule has 1 N–H and O–H groups in total. The van der Waals surface area contributed by atoms with Crippen molar-refractivity contribution in [2.24, 2.45) is 0 Å². The van der Waals surface area contributed by atoms with Gasteiger partial charge in [0.05, 0.1) is 31.0 Å². The lowest BCUT2D eigenvalue weighted by Gasteiger charge is -2.23. The molecular formula is C30H30N2O7S. The molecule has 0 spiro atoms. The molecule has 1 aromatic heterocycles. The number of ether oxygens (including phenoxy) is 3. The molecule has 1 amide bonds. The minimum absolute atomic E-state index is 0.0171. The Morgan fingerprint density at radius 3 is 2.60 bits per heavy atom. The van der Waals surface area contributed by atoms with E-state index in [1.54, 1.807) is 55.5 Å². The Hall–Kier alpha value is -4.44. The van der Waals surface area contributed by atoms with Crippen molar-refractivity contribution in [2.75, 3.05) is 25.2 Å². The molecule has 1 aliphatic rings. The van der Waals surface area contributed by atoms with Crippen LogP contribution in [0.2, 0.25) is 0 Å². The number of aliphatic hydroxyl groups is 1. The minimum Gasteiger partial charge on any atom is -0.507 e. The van der Waals surface area contributed by atoms with Gasteiger partial charge >= 0.3 is 11.9 Å². The van der Waals surface area contributed by atoms with Crippen LogP contribution in [-0.2, 0) is 14.3 Å². The molecule has 0 bridgehead atoms. The average molecular weight is 563 g/mol. The first-order chi connectivity index (χ1) is 19.3. The fourth-order valence-electron chi connectivity index (χ4n) is 4.23. The number of thiazole rings is 1. The predicted molar refractivity (Wildman–Crippen MR) is 152 cm³/mol. The Balaban J connectivity index is 1.83. The van der Waals surface area contributed by atoms with Crippen molar-refractivity contribution >= 4 is 39.9 Å². The van der Waals surface area contributed by atoms with E-state index in [0.29, 0.717) is 34.9 Å². The lowest BCUT2D eigenvalue weighted by atomic mass is 9.95. The zero-order chi connectivity index (χ0) is 28.8. The molecule has 9 nitrogen and oxygen atoms in total. The number of aliphatic hydroxyl groups excluding tert-OH is 1.